The van der Waals surface area contributed by atoms with E-state index in [0.29, 0.717) is 65.3 Å². The predicted octanol–water partition coefficient (Wildman–Crippen LogP) is 4.79. The van der Waals surface area contributed by atoms with Crippen molar-refractivity contribution in [2.75, 3.05) is 36.5 Å². The van der Waals surface area contributed by atoms with Crippen LogP contribution in [0.3, 0.4) is 0 Å². The fraction of sp³-hybridized carbons (Fsp3) is 0.442. The summed E-state index contributed by atoms with van der Waals surface area (Å²) in [5, 5.41) is 12.1. The number of nitrogens with zero attached hydrogens (tertiary/aromatic N) is 2. The molecule has 4 heterocycles. The second-order valence-corrected chi connectivity index (χ2v) is 18.5. The molecule has 14 nitrogen and oxygen atoms in total. The number of fused-ring (bicyclic) bond motifs is 1. The molecule has 0 saturated carbocycles. The van der Waals surface area contributed by atoms with Gasteiger partial charge in [-0.2, -0.15) is 0 Å². The molecule has 2 fully saturated rings. The normalized spacial score (nSPS) is 18.4. The van der Waals surface area contributed by atoms with Crippen LogP contribution in [0.2, 0.25) is 0 Å². The van der Waals surface area contributed by atoms with Gasteiger partial charge in [-0.3, -0.25) is 34.3 Å². The van der Waals surface area contributed by atoms with Gasteiger partial charge in [0.1, 0.15) is 21.7 Å². The zero-order valence-corrected chi connectivity index (χ0v) is 35.0. The molecule has 1 atom stereocenters. The Morgan fingerprint density at radius 2 is 1.68 bits per heavy atom. The second kappa shape index (κ2) is 20.1. The third-order valence-corrected chi connectivity index (χ3v) is 13.8. The zero-order valence-electron chi connectivity index (χ0n) is 33.4. The van der Waals surface area contributed by atoms with Gasteiger partial charge in [0.25, 0.3) is 11.8 Å². The van der Waals surface area contributed by atoms with Crippen molar-refractivity contribution in [1.82, 2.24) is 20.9 Å². The van der Waals surface area contributed by atoms with Crippen molar-refractivity contribution < 1.29 is 32.4 Å². The number of amidine groups is 1. The minimum Gasteiger partial charge on any atom is -0.391 e. The summed E-state index contributed by atoms with van der Waals surface area (Å²) in [7, 11) is -3.03. The number of imide groups is 1. The summed E-state index contributed by atoms with van der Waals surface area (Å²) in [6.45, 7) is 4.26. The smallest absolute Gasteiger partial charge is 0.255 e. The highest BCUT2D eigenvalue weighted by atomic mass is 32.2. The summed E-state index contributed by atoms with van der Waals surface area (Å²) in [5.41, 5.74) is 11.2. The van der Waals surface area contributed by atoms with Gasteiger partial charge in [-0.25, -0.2) is 8.42 Å². The quantitative estimate of drug-likeness (QED) is 0.0367. The number of aldehydes is 1. The van der Waals surface area contributed by atoms with E-state index < -0.39 is 21.8 Å². The molecule has 3 aliphatic heterocycles. The van der Waals surface area contributed by atoms with E-state index in [4.69, 9.17) is 5.73 Å². The number of hydrogen-bond acceptors (Lipinski definition) is 11. The van der Waals surface area contributed by atoms with Crippen molar-refractivity contribution in [3.8, 4) is 0 Å². The Morgan fingerprint density at radius 3 is 2.41 bits per heavy atom. The van der Waals surface area contributed by atoms with Crippen LogP contribution in [0, 0.1) is 0 Å². The van der Waals surface area contributed by atoms with E-state index in [1.807, 2.05) is 43.5 Å². The Hall–Kier alpha value is -5.35. The summed E-state index contributed by atoms with van der Waals surface area (Å²) in [4.78, 5) is 70.1. The Labute approximate surface area is 349 Å². The van der Waals surface area contributed by atoms with Crippen molar-refractivity contribution in [2.24, 2.45) is 10.7 Å². The molecule has 0 bridgehead atoms. The predicted molar refractivity (Wildman–Crippen MR) is 230 cm³/mol. The lowest BCUT2D eigenvalue weighted by molar-refractivity contribution is -0.136. The van der Waals surface area contributed by atoms with Crippen molar-refractivity contribution in [1.29, 1.82) is 0 Å². The van der Waals surface area contributed by atoms with Crippen LogP contribution in [0.4, 0.5) is 5.69 Å². The van der Waals surface area contributed by atoms with Crippen molar-refractivity contribution >= 4 is 68.2 Å². The zero-order chi connectivity index (χ0) is 41.9. The van der Waals surface area contributed by atoms with E-state index in [-0.39, 0.29) is 47.5 Å². The van der Waals surface area contributed by atoms with Crippen LogP contribution in [-0.4, -0.2) is 92.3 Å². The van der Waals surface area contributed by atoms with Gasteiger partial charge < -0.3 is 26.6 Å². The molecule has 3 aliphatic rings. The lowest BCUT2D eigenvalue weighted by Crippen LogP contribution is -2.52. The highest BCUT2D eigenvalue weighted by molar-refractivity contribution is 7.91. The van der Waals surface area contributed by atoms with Crippen LogP contribution in [0.5, 0.6) is 0 Å². The van der Waals surface area contributed by atoms with Crippen LogP contribution in [0.1, 0.15) is 123 Å². The Kier molecular flexibility index (Phi) is 14.7. The number of nitrogens with two attached hydrogens (primary N) is 1. The summed E-state index contributed by atoms with van der Waals surface area (Å²) >= 11 is 1.33. The number of carbonyl (C=O) groups excluding carboxylic acids is 5. The molecule has 0 spiro atoms. The topological polar surface area (TPSA) is 209 Å². The number of piperidine rings is 1. The molecule has 314 valence electrons. The maximum atomic E-state index is 13.2. The van der Waals surface area contributed by atoms with E-state index in [9.17, 15) is 32.4 Å². The summed E-state index contributed by atoms with van der Waals surface area (Å²) in [6.07, 6.45) is 9.95. The number of rotatable bonds is 19. The van der Waals surface area contributed by atoms with Gasteiger partial charge in [0, 0.05) is 77.2 Å². The molecular weight excluding hydrogens is 791 g/mol. The fourth-order valence-corrected chi connectivity index (χ4v) is 10.2. The number of sulfone groups is 1. The lowest BCUT2D eigenvalue weighted by atomic mass is 10.00. The molecule has 59 heavy (non-hydrogen) atoms. The highest BCUT2D eigenvalue weighted by Gasteiger charge is 2.39. The molecule has 0 aliphatic carbocycles. The molecule has 16 heteroatoms. The first-order valence-electron chi connectivity index (χ1n) is 20.4. The number of amides is 4. The number of nitrogens with one attached hydrogen (secondary N) is 4. The molecule has 4 amide bonds. The highest BCUT2D eigenvalue weighted by Crippen LogP contribution is 2.34. The van der Waals surface area contributed by atoms with Crippen LogP contribution in [0.15, 0.2) is 59.7 Å². The van der Waals surface area contributed by atoms with Crippen molar-refractivity contribution in [3.05, 3.63) is 92.3 Å². The first-order chi connectivity index (χ1) is 28.5. The molecule has 6 N–H and O–H groups in total. The van der Waals surface area contributed by atoms with Gasteiger partial charge in [0.05, 0.1) is 22.4 Å². The number of aliphatic imine (C=N–C) groups is 1. The summed E-state index contributed by atoms with van der Waals surface area (Å²) in [6, 6.07) is 13.8. The van der Waals surface area contributed by atoms with E-state index in [0.717, 1.165) is 73.7 Å². The molecule has 6 rings (SSSR count). The number of thiophene rings is 1. The number of anilines is 1. The number of unbranched alkanes of at least 4 members (excludes halogenated alkanes) is 5. The van der Waals surface area contributed by atoms with Gasteiger partial charge in [0.2, 0.25) is 11.8 Å². The van der Waals surface area contributed by atoms with Gasteiger partial charge >= 0.3 is 0 Å². The van der Waals surface area contributed by atoms with Crippen LogP contribution in [-0.2, 0) is 26.0 Å². The third-order valence-electron chi connectivity index (χ3n) is 10.9. The van der Waals surface area contributed by atoms with Gasteiger partial charge in [-0.1, -0.05) is 43.9 Å². The molecule has 0 radical (unpaired) electrons. The SMILES string of the molecule is CCN/C=C(/c1cccc(C(=O)NCCCCCCCCNc2cccc3c2CN(C2CCC(=O)NC2=O)C3=O)c1)c1sc(C(N)=NC2CCS(=O)(=O)CC2)cc1C=O. The lowest BCUT2D eigenvalue weighted by Gasteiger charge is -2.29. The molecule has 1 aromatic heterocycles. The van der Waals surface area contributed by atoms with Gasteiger partial charge in [0.15, 0.2) is 6.29 Å². The second-order valence-electron chi connectivity index (χ2n) is 15.1. The maximum Gasteiger partial charge on any atom is 0.255 e. The van der Waals surface area contributed by atoms with E-state index in [1.165, 1.54) is 11.3 Å². The molecule has 2 aromatic carbocycles. The minimum absolute atomic E-state index is 0.0887. The molecule has 1 unspecified atom stereocenters. The first kappa shape index (κ1) is 43.2. The Bertz CT molecular complexity index is 2220. The monoisotopic (exact) mass is 843 g/mol. The average molecular weight is 844 g/mol. The standard InChI is InChI=1S/C43H53N7O7S2/c1-2-45-25-33(39-30(27-51)24-37(58-39)40(44)48-31-17-21-59(56,57)22-18-31)28-11-9-12-29(23-28)41(53)47-20-8-6-4-3-5-7-19-46-35-14-10-13-32-34(35)26-50(43(32)55)36-15-16-38(52)49-42(36)54/h9-14,23-25,27,31,36,45-46H,2-8,15-22,26H2,1H3,(H2,44,48)(H,47,53)(H,49,52,54)/b33-25-. The molecule has 2 saturated heterocycles. The number of benzene rings is 2. The van der Waals surface area contributed by atoms with Gasteiger partial charge in [-0.05, 0) is 74.9 Å². The number of hydrogen-bond donors (Lipinski definition) is 5. The minimum atomic E-state index is -3.03. The van der Waals surface area contributed by atoms with E-state index in [2.05, 4.69) is 26.3 Å². The summed E-state index contributed by atoms with van der Waals surface area (Å²) in [5.74, 6) is -0.624. The average Bonchev–Trinajstić information content (AvgIpc) is 3.81. The van der Waals surface area contributed by atoms with Crippen molar-refractivity contribution in [3.63, 3.8) is 0 Å². The third kappa shape index (κ3) is 11.0. The maximum absolute atomic E-state index is 13.2. The van der Waals surface area contributed by atoms with Crippen LogP contribution < -0.4 is 27.0 Å². The Balaban J connectivity index is 0.937. The van der Waals surface area contributed by atoms with Crippen molar-refractivity contribution in [2.45, 2.75) is 89.8 Å². The van der Waals surface area contributed by atoms with Crippen LogP contribution >= 0.6 is 11.3 Å². The molecular formula is C43H53N7O7S2. The number of carbonyl (C=O) groups is 5. The summed E-state index contributed by atoms with van der Waals surface area (Å²) < 4.78 is 23.7. The fourth-order valence-electron chi connectivity index (χ4n) is 7.64. The van der Waals surface area contributed by atoms with E-state index in [1.54, 1.807) is 23.1 Å². The molecule has 3 aromatic rings. The Morgan fingerprint density at radius 1 is 0.966 bits per heavy atom. The van der Waals surface area contributed by atoms with Crippen LogP contribution in [0.25, 0.3) is 5.57 Å². The first-order valence-corrected chi connectivity index (χ1v) is 23.1. The largest absolute Gasteiger partial charge is 0.391 e. The van der Waals surface area contributed by atoms with E-state index >= 15 is 0 Å². The van der Waals surface area contributed by atoms with Gasteiger partial charge in [-0.15, -0.1) is 11.3 Å².